The van der Waals surface area contributed by atoms with Gasteiger partial charge < -0.3 is 15.8 Å². The van der Waals surface area contributed by atoms with Gasteiger partial charge in [0, 0.05) is 13.1 Å². The van der Waals surface area contributed by atoms with E-state index in [0.29, 0.717) is 12.8 Å². The van der Waals surface area contributed by atoms with E-state index < -0.39 is 5.41 Å². The predicted octanol–water partition coefficient (Wildman–Crippen LogP) is 1.94. The summed E-state index contributed by atoms with van der Waals surface area (Å²) in [6.07, 6.45) is 5.19. The molecule has 0 aliphatic heterocycles. The molecule has 0 aromatic carbocycles. The highest BCUT2D eigenvalue weighted by Crippen LogP contribution is 2.40. The fraction of sp³-hybridized carbons (Fsp3) is 0.846. The van der Waals surface area contributed by atoms with Gasteiger partial charge in [-0.05, 0) is 25.7 Å². The molecule has 0 spiro atoms. The predicted molar refractivity (Wildman–Crippen MR) is 71.5 cm³/mol. The fourth-order valence-corrected chi connectivity index (χ4v) is 2.81. The second kappa shape index (κ2) is 6.61. The van der Waals surface area contributed by atoms with E-state index in [1.54, 1.807) is 0 Å². The largest absolute Gasteiger partial charge is 0.409 e. The smallest absolute Gasteiger partial charge is 0.236 e. The van der Waals surface area contributed by atoms with Gasteiger partial charge in [0.1, 0.15) is 5.41 Å². The van der Waals surface area contributed by atoms with E-state index in [9.17, 15) is 4.79 Å². The molecule has 5 nitrogen and oxygen atoms in total. The molecule has 1 amide bonds. The third kappa shape index (κ3) is 2.76. The topological polar surface area (TPSA) is 78.9 Å². The van der Waals surface area contributed by atoms with E-state index in [1.807, 2.05) is 4.90 Å². The molecule has 104 valence electrons. The van der Waals surface area contributed by atoms with E-state index in [2.05, 4.69) is 19.0 Å². The molecule has 0 bridgehead atoms. The lowest BCUT2D eigenvalue weighted by molar-refractivity contribution is -0.138. The van der Waals surface area contributed by atoms with E-state index in [-0.39, 0.29) is 11.7 Å². The molecular formula is C13H25N3O2. The minimum atomic E-state index is -0.751. The number of nitrogens with zero attached hydrogens (tertiary/aromatic N) is 2. The Morgan fingerprint density at radius 1 is 1.28 bits per heavy atom. The average molecular weight is 255 g/mol. The average Bonchev–Trinajstić information content (AvgIpc) is 2.87. The van der Waals surface area contributed by atoms with Crippen LogP contribution in [0.5, 0.6) is 0 Å². The summed E-state index contributed by atoms with van der Waals surface area (Å²) >= 11 is 0. The summed E-state index contributed by atoms with van der Waals surface area (Å²) in [5.74, 6) is 0.126. The van der Waals surface area contributed by atoms with E-state index in [1.165, 1.54) is 0 Å². The van der Waals surface area contributed by atoms with Crippen molar-refractivity contribution in [3.8, 4) is 0 Å². The third-order valence-electron chi connectivity index (χ3n) is 3.74. The van der Waals surface area contributed by atoms with Gasteiger partial charge >= 0.3 is 0 Å². The molecule has 0 saturated heterocycles. The number of hydrogen-bond donors (Lipinski definition) is 2. The molecule has 1 saturated carbocycles. The Morgan fingerprint density at radius 2 is 1.78 bits per heavy atom. The highest BCUT2D eigenvalue weighted by atomic mass is 16.4. The summed E-state index contributed by atoms with van der Waals surface area (Å²) < 4.78 is 0. The molecule has 1 aliphatic carbocycles. The van der Waals surface area contributed by atoms with Crippen LogP contribution in [0.15, 0.2) is 5.16 Å². The van der Waals surface area contributed by atoms with Crippen LogP contribution >= 0.6 is 0 Å². The van der Waals surface area contributed by atoms with Crippen LogP contribution in [0.1, 0.15) is 52.4 Å². The van der Waals surface area contributed by atoms with Gasteiger partial charge in [0.25, 0.3) is 0 Å². The van der Waals surface area contributed by atoms with Crippen LogP contribution in [-0.2, 0) is 4.79 Å². The summed E-state index contributed by atoms with van der Waals surface area (Å²) in [7, 11) is 0. The first-order valence-corrected chi connectivity index (χ1v) is 6.89. The molecule has 1 aliphatic rings. The van der Waals surface area contributed by atoms with Gasteiger partial charge in [-0.15, -0.1) is 0 Å². The SMILES string of the molecule is CCCN(CCC)C(=O)C1(C(N)=NO)CCCC1. The highest BCUT2D eigenvalue weighted by molar-refractivity contribution is 6.07. The van der Waals surface area contributed by atoms with Crippen LogP contribution in [0.25, 0.3) is 0 Å². The summed E-state index contributed by atoms with van der Waals surface area (Å²) in [6.45, 7) is 5.60. The molecule has 0 radical (unpaired) electrons. The van der Waals surface area contributed by atoms with E-state index >= 15 is 0 Å². The Hall–Kier alpha value is -1.26. The summed E-state index contributed by atoms with van der Waals surface area (Å²) in [5.41, 5.74) is 5.05. The van der Waals surface area contributed by atoms with E-state index in [4.69, 9.17) is 10.9 Å². The first-order chi connectivity index (χ1) is 8.62. The Labute approximate surface area is 109 Å². The standard InChI is InChI=1S/C13H25N3O2/c1-3-9-16(10-4-2)12(17)13(11(14)15-18)7-5-6-8-13/h18H,3-10H2,1-2H3,(H2,14,15). The van der Waals surface area contributed by atoms with Gasteiger partial charge in [0.2, 0.25) is 5.91 Å². The molecule has 3 N–H and O–H groups in total. The first kappa shape index (κ1) is 14.8. The zero-order valence-electron chi connectivity index (χ0n) is 11.5. The van der Waals surface area contributed by atoms with Crippen molar-refractivity contribution < 1.29 is 10.0 Å². The first-order valence-electron chi connectivity index (χ1n) is 6.89. The zero-order valence-corrected chi connectivity index (χ0v) is 11.5. The van der Waals surface area contributed by atoms with Crippen molar-refractivity contribution in [1.29, 1.82) is 0 Å². The van der Waals surface area contributed by atoms with Crippen LogP contribution in [0.2, 0.25) is 0 Å². The number of hydrogen-bond acceptors (Lipinski definition) is 3. The van der Waals surface area contributed by atoms with Crippen molar-refractivity contribution in [2.24, 2.45) is 16.3 Å². The van der Waals surface area contributed by atoms with Gasteiger partial charge in [-0.1, -0.05) is 31.8 Å². The van der Waals surface area contributed by atoms with Gasteiger partial charge in [-0.25, -0.2) is 0 Å². The second-order valence-electron chi connectivity index (χ2n) is 5.07. The molecule has 1 fully saturated rings. The lowest BCUT2D eigenvalue weighted by Crippen LogP contribution is -2.50. The Morgan fingerprint density at radius 3 is 2.17 bits per heavy atom. The quantitative estimate of drug-likeness (QED) is 0.329. The molecular weight excluding hydrogens is 230 g/mol. The minimum Gasteiger partial charge on any atom is -0.409 e. The summed E-state index contributed by atoms with van der Waals surface area (Å²) in [4.78, 5) is 14.6. The second-order valence-corrected chi connectivity index (χ2v) is 5.07. The lowest BCUT2D eigenvalue weighted by Gasteiger charge is -2.33. The molecule has 1 rings (SSSR count). The van der Waals surface area contributed by atoms with Crippen molar-refractivity contribution >= 4 is 11.7 Å². The molecule has 18 heavy (non-hydrogen) atoms. The maximum absolute atomic E-state index is 12.7. The fourth-order valence-electron chi connectivity index (χ4n) is 2.81. The number of amides is 1. The van der Waals surface area contributed by atoms with Crippen molar-refractivity contribution in [3.63, 3.8) is 0 Å². The summed E-state index contributed by atoms with van der Waals surface area (Å²) in [5, 5.41) is 12.1. The van der Waals surface area contributed by atoms with Gasteiger partial charge in [-0.2, -0.15) is 0 Å². The Bertz CT molecular complexity index is 303. The monoisotopic (exact) mass is 255 g/mol. The Kier molecular flexibility index (Phi) is 5.44. The maximum atomic E-state index is 12.7. The Balaban J connectivity index is 2.94. The van der Waals surface area contributed by atoms with Crippen molar-refractivity contribution in [2.75, 3.05) is 13.1 Å². The molecule has 0 aromatic heterocycles. The number of rotatable bonds is 6. The van der Waals surface area contributed by atoms with Crippen LogP contribution in [0.3, 0.4) is 0 Å². The minimum absolute atomic E-state index is 0.0407. The number of carbonyl (C=O) groups excluding carboxylic acids is 1. The van der Waals surface area contributed by atoms with Crippen LogP contribution in [0.4, 0.5) is 0 Å². The molecule has 0 heterocycles. The number of amidine groups is 1. The molecule has 0 atom stereocenters. The molecule has 5 heteroatoms. The van der Waals surface area contributed by atoms with Crippen LogP contribution in [0, 0.1) is 5.41 Å². The van der Waals surface area contributed by atoms with Gasteiger partial charge in [0.15, 0.2) is 5.84 Å². The number of carbonyl (C=O) groups is 1. The van der Waals surface area contributed by atoms with Gasteiger partial charge in [0.05, 0.1) is 0 Å². The third-order valence-corrected chi connectivity index (χ3v) is 3.74. The number of nitrogens with two attached hydrogens (primary N) is 1. The zero-order chi connectivity index (χ0) is 13.6. The summed E-state index contributed by atoms with van der Waals surface area (Å²) in [6, 6.07) is 0. The van der Waals surface area contributed by atoms with Crippen molar-refractivity contribution in [3.05, 3.63) is 0 Å². The van der Waals surface area contributed by atoms with Gasteiger partial charge in [-0.3, -0.25) is 4.79 Å². The maximum Gasteiger partial charge on any atom is 0.236 e. The number of oxime groups is 1. The van der Waals surface area contributed by atoms with Crippen LogP contribution in [-0.4, -0.2) is 34.9 Å². The van der Waals surface area contributed by atoms with E-state index in [0.717, 1.165) is 38.8 Å². The lowest BCUT2D eigenvalue weighted by atomic mass is 9.83. The molecule has 0 aromatic rings. The van der Waals surface area contributed by atoms with Crippen molar-refractivity contribution in [1.82, 2.24) is 4.90 Å². The molecule has 0 unspecified atom stereocenters. The highest BCUT2D eigenvalue weighted by Gasteiger charge is 2.47. The normalized spacial score (nSPS) is 18.9. The van der Waals surface area contributed by atoms with Crippen molar-refractivity contribution in [2.45, 2.75) is 52.4 Å². The van der Waals surface area contributed by atoms with Crippen LogP contribution < -0.4 is 5.73 Å².